The molecule has 0 radical (unpaired) electrons. The second kappa shape index (κ2) is 4.68. The summed E-state index contributed by atoms with van der Waals surface area (Å²) in [5.41, 5.74) is 0.212. The fourth-order valence-electron chi connectivity index (χ4n) is 2.97. The molecule has 6 nitrogen and oxygen atoms in total. The van der Waals surface area contributed by atoms with Crippen molar-refractivity contribution in [1.82, 2.24) is 19.1 Å². The Morgan fingerprint density at radius 2 is 2.05 bits per heavy atom. The molecule has 0 atom stereocenters. The second-order valence-corrected chi connectivity index (χ2v) is 5.39. The largest absolute Gasteiger partial charge is 0.329 e. The third kappa shape index (κ3) is 2.11. The van der Waals surface area contributed by atoms with E-state index in [4.69, 9.17) is 0 Å². The Labute approximate surface area is 110 Å². The summed E-state index contributed by atoms with van der Waals surface area (Å²) in [7, 11) is 1.62. The summed E-state index contributed by atoms with van der Waals surface area (Å²) in [6, 6.07) is 0. The fourth-order valence-corrected chi connectivity index (χ4v) is 2.97. The Kier molecular flexibility index (Phi) is 3.00. The Balaban J connectivity index is 2.03. The Morgan fingerprint density at radius 1 is 1.32 bits per heavy atom. The molecule has 2 aromatic heterocycles. The van der Waals surface area contributed by atoms with Crippen LogP contribution in [0.2, 0.25) is 0 Å². The molecule has 3 rings (SSSR count). The Hall–Kier alpha value is -1.85. The lowest BCUT2D eigenvalue weighted by Crippen LogP contribution is -2.29. The molecule has 2 aromatic rings. The van der Waals surface area contributed by atoms with Crippen LogP contribution in [-0.2, 0) is 13.6 Å². The van der Waals surface area contributed by atoms with Gasteiger partial charge in [0.1, 0.15) is 0 Å². The van der Waals surface area contributed by atoms with Crippen LogP contribution in [0.4, 0.5) is 0 Å². The number of aryl methyl sites for hydroxylation is 1. The standard InChI is InChI=1S/C13H18N4O2/c1-16-11-10(12(18)15-13(16)19)17(8-14-11)7-9-5-3-2-4-6-9/h8-9H,2-7H2,1H3,(H,15,18,19). The van der Waals surface area contributed by atoms with Gasteiger partial charge in [0.2, 0.25) is 0 Å². The first-order valence-corrected chi connectivity index (χ1v) is 6.81. The molecule has 0 saturated heterocycles. The van der Waals surface area contributed by atoms with Crippen molar-refractivity contribution >= 4 is 11.2 Å². The van der Waals surface area contributed by atoms with Crippen molar-refractivity contribution in [2.75, 3.05) is 0 Å². The number of hydrogen-bond acceptors (Lipinski definition) is 3. The lowest BCUT2D eigenvalue weighted by Gasteiger charge is -2.21. The number of rotatable bonds is 2. The van der Waals surface area contributed by atoms with E-state index >= 15 is 0 Å². The number of fused-ring (bicyclic) bond motifs is 1. The molecular formula is C13H18N4O2. The number of H-pyrrole nitrogens is 1. The summed E-state index contributed by atoms with van der Waals surface area (Å²) in [5, 5.41) is 0. The van der Waals surface area contributed by atoms with Gasteiger partial charge >= 0.3 is 5.69 Å². The van der Waals surface area contributed by atoms with Crippen LogP contribution in [0.1, 0.15) is 32.1 Å². The monoisotopic (exact) mass is 262 g/mol. The van der Waals surface area contributed by atoms with Gasteiger partial charge in [-0.05, 0) is 18.8 Å². The highest BCUT2D eigenvalue weighted by Gasteiger charge is 2.17. The van der Waals surface area contributed by atoms with Crippen LogP contribution < -0.4 is 11.2 Å². The molecule has 1 N–H and O–H groups in total. The number of hydrogen-bond donors (Lipinski definition) is 1. The zero-order valence-electron chi connectivity index (χ0n) is 11.1. The molecule has 0 unspecified atom stereocenters. The van der Waals surface area contributed by atoms with Crippen LogP contribution in [-0.4, -0.2) is 19.1 Å². The third-order valence-electron chi connectivity index (χ3n) is 4.06. The summed E-state index contributed by atoms with van der Waals surface area (Å²) in [6.07, 6.45) is 7.95. The first-order chi connectivity index (χ1) is 9.16. The van der Waals surface area contributed by atoms with E-state index in [1.165, 1.54) is 36.7 Å². The number of nitrogens with one attached hydrogen (secondary N) is 1. The van der Waals surface area contributed by atoms with Crippen LogP contribution in [0.25, 0.3) is 11.2 Å². The van der Waals surface area contributed by atoms with Gasteiger partial charge in [0.15, 0.2) is 11.2 Å². The summed E-state index contributed by atoms with van der Waals surface area (Å²) < 4.78 is 3.28. The van der Waals surface area contributed by atoms with E-state index in [0.29, 0.717) is 17.1 Å². The van der Waals surface area contributed by atoms with Crippen molar-refractivity contribution in [3.05, 3.63) is 27.2 Å². The van der Waals surface area contributed by atoms with Gasteiger partial charge in [-0.1, -0.05) is 19.3 Å². The van der Waals surface area contributed by atoms with E-state index in [2.05, 4.69) is 9.97 Å². The Bertz CT molecular complexity index is 703. The smallest absolute Gasteiger partial charge is 0.324 e. The molecule has 1 aliphatic carbocycles. The maximum atomic E-state index is 11.9. The number of nitrogens with zero attached hydrogens (tertiary/aromatic N) is 3. The van der Waals surface area contributed by atoms with E-state index in [0.717, 1.165) is 6.54 Å². The quantitative estimate of drug-likeness (QED) is 0.877. The second-order valence-electron chi connectivity index (χ2n) is 5.39. The van der Waals surface area contributed by atoms with Gasteiger partial charge in [-0.25, -0.2) is 9.78 Å². The summed E-state index contributed by atoms with van der Waals surface area (Å²) in [4.78, 5) is 30.0. The normalized spacial score (nSPS) is 17.1. The predicted molar refractivity (Wildman–Crippen MR) is 72.2 cm³/mol. The van der Waals surface area contributed by atoms with Gasteiger partial charge < -0.3 is 4.57 Å². The molecule has 102 valence electrons. The van der Waals surface area contributed by atoms with Gasteiger partial charge in [-0.3, -0.25) is 14.3 Å². The van der Waals surface area contributed by atoms with Gasteiger partial charge in [0.05, 0.1) is 6.33 Å². The average Bonchev–Trinajstić information content (AvgIpc) is 2.82. The van der Waals surface area contributed by atoms with Gasteiger partial charge in [0, 0.05) is 13.6 Å². The van der Waals surface area contributed by atoms with Crippen molar-refractivity contribution < 1.29 is 0 Å². The molecule has 1 fully saturated rings. The van der Waals surface area contributed by atoms with Gasteiger partial charge in [-0.2, -0.15) is 0 Å². The van der Waals surface area contributed by atoms with E-state index in [-0.39, 0.29) is 5.56 Å². The summed E-state index contributed by atoms with van der Waals surface area (Å²) >= 11 is 0. The number of aromatic amines is 1. The van der Waals surface area contributed by atoms with Crippen molar-refractivity contribution in [1.29, 1.82) is 0 Å². The molecule has 1 aliphatic rings. The van der Waals surface area contributed by atoms with Crippen LogP contribution in [0.15, 0.2) is 15.9 Å². The minimum Gasteiger partial charge on any atom is -0.324 e. The van der Waals surface area contributed by atoms with Crippen LogP contribution >= 0.6 is 0 Å². The zero-order valence-corrected chi connectivity index (χ0v) is 11.1. The van der Waals surface area contributed by atoms with E-state index < -0.39 is 5.69 Å². The average molecular weight is 262 g/mol. The molecule has 2 heterocycles. The minimum absolute atomic E-state index is 0.341. The van der Waals surface area contributed by atoms with E-state index in [1.54, 1.807) is 13.4 Å². The van der Waals surface area contributed by atoms with Crippen molar-refractivity contribution in [3.8, 4) is 0 Å². The summed E-state index contributed by atoms with van der Waals surface area (Å²) in [6.45, 7) is 0.817. The maximum Gasteiger partial charge on any atom is 0.329 e. The number of imidazole rings is 1. The molecule has 0 bridgehead atoms. The lowest BCUT2D eigenvalue weighted by molar-refractivity contribution is 0.322. The molecule has 1 saturated carbocycles. The SMILES string of the molecule is Cn1c(=O)[nH]c(=O)c2c1ncn2CC1CCCCC1. The van der Waals surface area contributed by atoms with E-state index in [1.807, 2.05) is 4.57 Å². The lowest BCUT2D eigenvalue weighted by atomic mass is 9.89. The first-order valence-electron chi connectivity index (χ1n) is 6.81. The van der Waals surface area contributed by atoms with Crippen molar-refractivity contribution in [2.45, 2.75) is 38.6 Å². The predicted octanol–water partition coefficient (Wildman–Crippen LogP) is 1.00. The molecule has 0 spiro atoms. The summed E-state index contributed by atoms with van der Waals surface area (Å²) in [5.74, 6) is 0.614. The zero-order chi connectivity index (χ0) is 13.4. The highest BCUT2D eigenvalue weighted by Crippen LogP contribution is 2.25. The molecule has 0 aromatic carbocycles. The third-order valence-corrected chi connectivity index (χ3v) is 4.06. The number of aromatic nitrogens is 4. The molecule has 0 amide bonds. The molecular weight excluding hydrogens is 244 g/mol. The van der Waals surface area contributed by atoms with Crippen LogP contribution in [0.3, 0.4) is 0 Å². The maximum absolute atomic E-state index is 11.9. The Morgan fingerprint density at radius 3 is 2.79 bits per heavy atom. The minimum atomic E-state index is -0.416. The first kappa shape index (κ1) is 12.2. The topological polar surface area (TPSA) is 72.7 Å². The van der Waals surface area contributed by atoms with Crippen molar-refractivity contribution in [3.63, 3.8) is 0 Å². The van der Waals surface area contributed by atoms with Crippen LogP contribution in [0.5, 0.6) is 0 Å². The molecule has 0 aliphatic heterocycles. The molecule has 6 heteroatoms. The van der Waals surface area contributed by atoms with Crippen LogP contribution in [0, 0.1) is 5.92 Å². The fraction of sp³-hybridized carbons (Fsp3) is 0.615. The highest BCUT2D eigenvalue weighted by atomic mass is 16.2. The van der Waals surface area contributed by atoms with E-state index in [9.17, 15) is 9.59 Å². The highest BCUT2D eigenvalue weighted by molar-refractivity contribution is 5.69. The molecule has 19 heavy (non-hydrogen) atoms. The van der Waals surface area contributed by atoms with Gasteiger partial charge in [0.25, 0.3) is 5.56 Å². The van der Waals surface area contributed by atoms with Gasteiger partial charge in [-0.15, -0.1) is 0 Å². The van der Waals surface area contributed by atoms with Crippen molar-refractivity contribution in [2.24, 2.45) is 13.0 Å².